The van der Waals surface area contributed by atoms with Crippen molar-refractivity contribution in [1.82, 2.24) is 10.2 Å². The van der Waals surface area contributed by atoms with Crippen LogP contribution < -0.4 is 14.8 Å². The maximum atomic E-state index is 12.3. The van der Waals surface area contributed by atoms with E-state index >= 15 is 0 Å². The van der Waals surface area contributed by atoms with Gasteiger partial charge in [0, 0.05) is 5.56 Å². The van der Waals surface area contributed by atoms with Crippen molar-refractivity contribution >= 4 is 22.4 Å². The van der Waals surface area contributed by atoms with Gasteiger partial charge in [-0.1, -0.05) is 41.2 Å². The van der Waals surface area contributed by atoms with Crippen LogP contribution in [0.4, 0.5) is 5.13 Å². The van der Waals surface area contributed by atoms with Crippen molar-refractivity contribution in [3.05, 3.63) is 53.1 Å². The van der Waals surface area contributed by atoms with E-state index in [0.29, 0.717) is 16.6 Å². The lowest BCUT2D eigenvalue weighted by Crippen LogP contribution is -2.14. The molecule has 1 aliphatic heterocycles. The van der Waals surface area contributed by atoms with Crippen molar-refractivity contribution in [2.24, 2.45) is 0 Å². The van der Waals surface area contributed by atoms with Crippen LogP contribution in [-0.2, 0) is 11.2 Å². The molecule has 0 bridgehead atoms. The summed E-state index contributed by atoms with van der Waals surface area (Å²) < 4.78 is 10.6. The molecule has 1 amide bonds. The number of aromatic nitrogens is 2. The molecule has 7 heteroatoms. The molecule has 0 aliphatic carbocycles. The first-order valence-corrected chi connectivity index (χ1v) is 8.99. The van der Waals surface area contributed by atoms with Crippen molar-refractivity contribution in [1.29, 1.82) is 0 Å². The van der Waals surface area contributed by atoms with E-state index in [1.54, 1.807) is 0 Å². The Morgan fingerprint density at radius 2 is 1.96 bits per heavy atom. The second-order valence-electron chi connectivity index (χ2n) is 6.14. The highest BCUT2D eigenvalue weighted by Gasteiger charge is 2.16. The summed E-state index contributed by atoms with van der Waals surface area (Å²) >= 11 is 1.37. The van der Waals surface area contributed by atoms with Crippen LogP contribution in [0.1, 0.15) is 16.7 Å². The molecule has 0 atom stereocenters. The number of nitrogens with one attached hydrogen (secondary N) is 1. The Bertz CT molecular complexity index is 984. The molecule has 3 aromatic rings. The van der Waals surface area contributed by atoms with Crippen molar-refractivity contribution in [3.63, 3.8) is 0 Å². The van der Waals surface area contributed by atoms with E-state index < -0.39 is 0 Å². The summed E-state index contributed by atoms with van der Waals surface area (Å²) in [5.74, 6) is 1.23. The Morgan fingerprint density at radius 1 is 1.12 bits per heavy atom. The first kappa shape index (κ1) is 16.5. The van der Waals surface area contributed by atoms with Crippen molar-refractivity contribution in [2.45, 2.75) is 20.3 Å². The Hall–Kier alpha value is -2.93. The second-order valence-corrected chi connectivity index (χ2v) is 7.12. The first-order valence-electron chi connectivity index (χ1n) is 8.18. The maximum absolute atomic E-state index is 12.3. The lowest BCUT2D eigenvalue weighted by Gasteiger charge is -2.03. The third-order valence-corrected chi connectivity index (χ3v) is 4.96. The molecule has 0 spiro atoms. The SMILES string of the molecule is Cc1ccc(-c2nnc(NC(=O)Cc3ccc4c(c3)OCO4)s2)c(C)c1. The van der Waals surface area contributed by atoms with E-state index in [9.17, 15) is 4.79 Å². The lowest BCUT2D eigenvalue weighted by atomic mass is 10.1. The molecule has 132 valence electrons. The predicted octanol–water partition coefficient (Wildman–Crippen LogP) is 3.73. The Labute approximate surface area is 154 Å². The zero-order valence-corrected chi connectivity index (χ0v) is 15.2. The molecule has 26 heavy (non-hydrogen) atoms. The number of fused-ring (bicyclic) bond motifs is 1. The Morgan fingerprint density at radius 3 is 2.81 bits per heavy atom. The number of hydrogen-bond acceptors (Lipinski definition) is 6. The monoisotopic (exact) mass is 367 g/mol. The van der Waals surface area contributed by atoms with E-state index in [4.69, 9.17) is 9.47 Å². The smallest absolute Gasteiger partial charge is 0.231 e. The van der Waals surface area contributed by atoms with Crippen LogP contribution in [0.25, 0.3) is 10.6 Å². The number of rotatable bonds is 4. The van der Waals surface area contributed by atoms with E-state index in [1.165, 1.54) is 16.9 Å². The van der Waals surface area contributed by atoms with Crippen LogP contribution in [-0.4, -0.2) is 22.9 Å². The topological polar surface area (TPSA) is 73.3 Å². The summed E-state index contributed by atoms with van der Waals surface area (Å²) in [6.45, 7) is 4.32. The number of carbonyl (C=O) groups is 1. The number of ether oxygens (including phenoxy) is 2. The molecule has 0 fully saturated rings. The first-order chi connectivity index (χ1) is 12.6. The average Bonchev–Trinajstić information content (AvgIpc) is 3.23. The van der Waals surface area contributed by atoms with Gasteiger partial charge in [-0.25, -0.2) is 0 Å². The van der Waals surface area contributed by atoms with Crippen LogP contribution in [0.5, 0.6) is 11.5 Å². The zero-order chi connectivity index (χ0) is 18.1. The number of anilines is 1. The fourth-order valence-electron chi connectivity index (χ4n) is 2.84. The molecule has 2 aromatic carbocycles. The van der Waals surface area contributed by atoms with Crippen LogP contribution in [0.3, 0.4) is 0 Å². The number of benzene rings is 2. The van der Waals surface area contributed by atoms with Gasteiger partial charge >= 0.3 is 0 Å². The number of nitrogens with zero attached hydrogens (tertiary/aromatic N) is 2. The summed E-state index contributed by atoms with van der Waals surface area (Å²) in [5.41, 5.74) is 4.22. The zero-order valence-electron chi connectivity index (χ0n) is 14.4. The summed E-state index contributed by atoms with van der Waals surface area (Å²) in [5, 5.41) is 12.4. The number of carbonyl (C=O) groups excluding carboxylic acids is 1. The molecule has 0 saturated heterocycles. The molecule has 1 N–H and O–H groups in total. The minimum absolute atomic E-state index is 0.146. The van der Waals surface area contributed by atoms with Crippen LogP contribution >= 0.6 is 11.3 Å². The van der Waals surface area contributed by atoms with Gasteiger partial charge in [-0.3, -0.25) is 4.79 Å². The standard InChI is InChI=1S/C19H17N3O3S/c1-11-3-5-14(12(2)7-11)18-21-22-19(26-18)20-17(23)9-13-4-6-15-16(8-13)25-10-24-15/h3-8H,9-10H2,1-2H3,(H,20,22,23). The molecule has 0 saturated carbocycles. The van der Waals surface area contributed by atoms with Gasteiger partial charge in [-0.05, 0) is 37.1 Å². The summed E-state index contributed by atoms with van der Waals surface area (Å²) in [6, 6.07) is 11.7. The predicted molar refractivity (Wildman–Crippen MR) is 99.7 cm³/mol. The number of amides is 1. The normalized spacial score (nSPS) is 12.2. The molecule has 4 rings (SSSR count). The summed E-state index contributed by atoms with van der Waals surface area (Å²) in [7, 11) is 0. The van der Waals surface area contributed by atoms with E-state index in [2.05, 4.69) is 28.5 Å². The van der Waals surface area contributed by atoms with Gasteiger partial charge in [-0.2, -0.15) is 0 Å². The van der Waals surface area contributed by atoms with Gasteiger partial charge in [-0.15, -0.1) is 10.2 Å². The molecular weight excluding hydrogens is 350 g/mol. The third kappa shape index (κ3) is 3.39. The fourth-order valence-corrected chi connectivity index (χ4v) is 3.69. The van der Waals surface area contributed by atoms with Gasteiger partial charge in [0.1, 0.15) is 5.01 Å². The highest BCUT2D eigenvalue weighted by Crippen LogP contribution is 2.33. The Kier molecular flexibility index (Phi) is 4.30. The van der Waals surface area contributed by atoms with Crippen molar-refractivity contribution < 1.29 is 14.3 Å². The molecule has 0 unspecified atom stereocenters. The largest absolute Gasteiger partial charge is 0.454 e. The van der Waals surface area contributed by atoms with E-state index in [0.717, 1.165) is 21.7 Å². The van der Waals surface area contributed by atoms with Gasteiger partial charge in [0.2, 0.25) is 17.8 Å². The van der Waals surface area contributed by atoms with Gasteiger partial charge in [0.15, 0.2) is 11.5 Å². The van der Waals surface area contributed by atoms with Gasteiger partial charge in [0.25, 0.3) is 0 Å². The van der Waals surface area contributed by atoms with Crippen molar-refractivity contribution in [2.75, 3.05) is 12.1 Å². The molecule has 0 radical (unpaired) electrons. The van der Waals surface area contributed by atoms with Crippen LogP contribution in [0.15, 0.2) is 36.4 Å². The van der Waals surface area contributed by atoms with Gasteiger partial charge < -0.3 is 14.8 Å². The molecule has 1 aliphatic rings. The molecule has 2 heterocycles. The Balaban J connectivity index is 1.44. The average molecular weight is 367 g/mol. The quantitative estimate of drug-likeness (QED) is 0.761. The number of aryl methyl sites for hydroxylation is 2. The number of hydrogen-bond donors (Lipinski definition) is 1. The summed E-state index contributed by atoms with van der Waals surface area (Å²) in [4.78, 5) is 12.3. The second kappa shape index (κ2) is 6.76. The van der Waals surface area contributed by atoms with E-state index in [-0.39, 0.29) is 19.1 Å². The molecular formula is C19H17N3O3S. The van der Waals surface area contributed by atoms with Crippen LogP contribution in [0.2, 0.25) is 0 Å². The lowest BCUT2D eigenvalue weighted by molar-refractivity contribution is -0.115. The highest BCUT2D eigenvalue weighted by molar-refractivity contribution is 7.18. The minimum atomic E-state index is -0.146. The molecule has 6 nitrogen and oxygen atoms in total. The van der Waals surface area contributed by atoms with Gasteiger partial charge in [0.05, 0.1) is 6.42 Å². The van der Waals surface area contributed by atoms with E-state index in [1.807, 2.05) is 37.3 Å². The maximum Gasteiger partial charge on any atom is 0.231 e. The minimum Gasteiger partial charge on any atom is -0.454 e. The third-order valence-electron chi connectivity index (χ3n) is 4.09. The summed E-state index contributed by atoms with van der Waals surface area (Å²) in [6.07, 6.45) is 0.231. The highest BCUT2D eigenvalue weighted by atomic mass is 32.1. The fraction of sp³-hybridized carbons (Fsp3) is 0.211. The molecule has 1 aromatic heterocycles. The van der Waals surface area contributed by atoms with Crippen LogP contribution in [0, 0.1) is 13.8 Å². The van der Waals surface area contributed by atoms with Crippen molar-refractivity contribution in [3.8, 4) is 22.1 Å².